The molecule has 0 spiro atoms. The lowest BCUT2D eigenvalue weighted by molar-refractivity contribution is -0.139. The Morgan fingerprint density at radius 1 is 0.806 bits per heavy atom. The summed E-state index contributed by atoms with van der Waals surface area (Å²) in [5.41, 5.74) is 7.05. The van der Waals surface area contributed by atoms with Crippen molar-refractivity contribution in [2.75, 3.05) is 6.61 Å². The van der Waals surface area contributed by atoms with Crippen LogP contribution in [-0.2, 0) is 16.0 Å². The molecule has 0 aliphatic heterocycles. The van der Waals surface area contributed by atoms with Crippen molar-refractivity contribution >= 4 is 23.7 Å². The van der Waals surface area contributed by atoms with Crippen LogP contribution in [0.1, 0.15) is 22.6 Å². The molecule has 2 N–H and O–H groups in total. The maximum atomic E-state index is 12.7. The molecular weight excluding hydrogens is 474 g/mol. The molecule has 0 radical (unpaired) electrons. The third-order valence-corrected chi connectivity index (χ3v) is 6.78. The first-order valence-electron chi connectivity index (χ1n) is 11.7. The van der Waals surface area contributed by atoms with Crippen molar-refractivity contribution in [2.45, 2.75) is 18.4 Å². The van der Waals surface area contributed by atoms with Gasteiger partial charge in [0, 0.05) is 17.4 Å². The zero-order chi connectivity index (χ0) is 25.1. The normalized spacial score (nSPS) is 12.9. The lowest BCUT2D eigenvalue weighted by atomic mass is 9.95. The Balaban J connectivity index is 1.29. The molecule has 0 bridgehead atoms. The Kier molecular flexibility index (Phi) is 6.74. The van der Waals surface area contributed by atoms with Crippen molar-refractivity contribution in [3.63, 3.8) is 0 Å². The SMILES string of the molecule is O=C(N[C@H](Cc1ccccc1-c1ccc(Cl)cc1)C(=O)O)OCC1c2ccccc2-c2ccccc21. The second-order valence-electron chi connectivity index (χ2n) is 8.73. The van der Waals surface area contributed by atoms with Crippen LogP contribution in [0.4, 0.5) is 4.79 Å². The van der Waals surface area contributed by atoms with E-state index in [0.29, 0.717) is 5.02 Å². The number of halogens is 1. The summed E-state index contributed by atoms with van der Waals surface area (Å²) in [5, 5.41) is 13.0. The van der Waals surface area contributed by atoms with E-state index in [0.717, 1.165) is 38.9 Å². The topological polar surface area (TPSA) is 75.6 Å². The van der Waals surface area contributed by atoms with Crippen LogP contribution in [0.25, 0.3) is 22.3 Å². The van der Waals surface area contributed by atoms with E-state index in [1.54, 1.807) is 12.1 Å². The highest BCUT2D eigenvalue weighted by Gasteiger charge is 2.30. The standard InChI is InChI=1S/C30H24ClNO4/c31-21-15-13-19(14-16-21)22-8-2-1-7-20(22)17-28(29(33)34)32-30(35)36-18-27-25-11-5-3-9-23(25)24-10-4-6-12-26(24)27/h1-16,27-28H,17-18H2,(H,32,35)(H,33,34)/t28-/m1/s1. The number of benzene rings is 4. The molecule has 1 aliphatic carbocycles. The molecule has 6 heteroatoms. The average molecular weight is 498 g/mol. The highest BCUT2D eigenvalue weighted by molar-refractivity contribution is 6.30. The van der Waals surface area contributed by atoms with Gasteiger partial charge in [0.25, 0.3) is 0 Å². The molecule has 180 valence electrons. The molecule has 1 amide bonds. The quantitative estimate of drug-likeness (QED) is 0.304. The van der Waals surface area contributed by atoms with E-state index in [1.807, 2.05) is 72.8 Å². The van der Waals surface area contributed by atoms with Crippen LogP contribution in [-0.4, -0.2) is 29.8 Å². The van der Waals surface area contributed by atoms with Crippen LogP contribution in [0.5, 0.6) is 0 Å². The molecule has 0 unspecified atom stereocenters. The van der Waals surface area contributed by atoms with E-state index in [2.05, 4.69) is 17.4 Å². The van der Waals surface area contributed by atoms with Gasteiger partial charge < -0.3 is 15.2 Å². The van der Waals surface area contributed by atoms with E-state index in [9.17, 15) is 14.7 Å². The molecule has 0 saturated heterocycles. The number of rotatable bonds is 7. The molecule has 4 aromatic rings. The average Bonchev–Trinajstić information content (AvgIpc) is 3.21. The number of alkyl carbamates (subject to hydrolysis) is 1. The zero-order valence-corrected chi connectivity index (χ0v) is 20.1. The second-order valence-corrected chi connectivity index (χ2v) is 9.17. The number of ether oxygens (including phenoxy) is 1. The second kappa shape index (κ2) is 10.3. The van der Waals surface area contributed by atoms with Crippen molar-refractivity contribution in [2.24, 2.45) is 0 Å². The van der Waals surface area contributed by atoms with Gasteiger partial charge in [-0.25, -0.2) is 9.59 Å². The monoisotopic (exact) mass is 497 g/mol. The van der Waals surface area contributed by atoms with Gasteiger partial charge >= 0.3 is 12.1 Å². The Labute approximate surface area is 214 Å². The predicted molar refractivity (Wildman–Crippen MR) is 140 cm³/mol. The van der Waals surface area contributed by atoms with Gasteiger partial charge in [0.2, 0.25) is 0 Å². The van der Waals surface area contributed by atoms with Gasteiger partial charge in [-0.15, -0.1) is 0 Å². The molecular formula is C30H24ClNO4. The van der Waals surface area contributed by atoms with Crippen molar-refractivity contribution in [1.82, 2.24) is 5.32 Å². The fraction of sp³-hybridized carbons (Fsp3) is 0.133. The number of fused-ring (bicyclic) bond motifs is 3. The molecule has 1 aliphatic rings. The number of nitrogens with one attached hydrogen (secondary N) is 1. The summed E-state index contributed by atoms with van der Waals surface area (Å²) in [6.07, 6.45) is -0.647. The van der Waals surface area contributed by atoms with Gasteiger partial charge in [-0.2, -0.15) is 0 Å². The summed E-state index contributed by atoms with van der Waals surface area (Å²) >= 11 is 6.02. The minimum absolute atomic E-state index is 0.0999. The number of aliphatic carboxylic acids is 1. The predicted octanol–water partition coefficient (Wildman–Crippen LogP) is 6.54. The smallest absolute Gasteiger partial charge is 0.407 e. The highest BCUT2D eigenvalue weighted by atomic mass is 35.5. The third-order valence-electron chi connectivity index (χ3n) is 6.53. The third kappa shape index (κ3) is 4.83. The zero-order valence-electron chi connectivity index (χ0n) is 19.4. The van der Waals surface area contributed by atoms with Crippen LogP contribution < -0.4 is 5.32 Å². The number of carbonyl (C=O) groups excluding carboxylic acids is 1. The van der Waals surface area contributed by atoms with Crippen LogP contribution in [0.15, 0.2) is 97.1 Å². The molecule has 0 fully saturated rings. The van der Waals surface area contributed by atoms with Crippen molar-refractivity contribution in [3.05, 3.63) is 119 Å². The summed E-state index contributed by atoms with van der Waals surface area (Å²) in [7, 11) is 0. The fourth-order valence-electron chi connectivity index (χ4n) is 4.81. The van der Waals surface area contributed by atoms with E-state index >= 15 is 0 Å². The molecule has 1 atom stereocenters. The summed E-state index contributed by atoms with van der Waals surface area (Å²) < 4.78 is 5.56. The summed E-state index contributed by atoms with van der Waals surface area (Å²) in [6, 6.07) is 29.8. The number of hydrogen-bond donors (Lipinski definition) is 2. The Bertz CT molecular complexity index is 1370. The Morgan fingerprint density at radius 2 is 1.36 bits per heavy atom. The minimum atomic E-state index is -1.14. The Hall–Kier alpha value is -4.09. The first kappa shape index (κ1) is 23.6. The van der Waals surface area contributed by atoms with Gasteiger partial charge in [-0.3, -0.25) is 0 Å². The lowest BCUT2D eigenvalue weighted by Gasteiger charge is -2.19. The molecule has 5 rings (SSSR count). The number of hydrogen-bond acceptors (Lipinski definition) is 3. The molecule has 5 nitrogen and oxygen atoms in total. The van der Waals surface area contributed by atoms with Crippen molar-refractivity contribution < 1.29 is 19.4 Å². The molecule has 0 heterocycles. The summed E-state index contributed by atoms with van der Waals surface area (Å²) in [6.45, 7) is 0.119. The maximum Gasteiger partial charge on any atom is 0.407 e. The van der Waals surface area contributed by atoms with Gasteiger partial charge in [-0.1, -0.05) is 96.5 Å². The van der Waals surface area contributed by atoms with E-state index in [-0.39, 0.29) is 18.9 Å². The van der Waals surface area contributed by atoms with Gasteiger partial charge in [0.1, 0.15) is 12.6 Å². The van der Waals surface area contributed by atoms with Crippen LogP contribution in [0, 0.1) is 0 Å². The lowest BCUT2D eigenvalue weighted by Crippen LogP contribution is -2.43. The molecule has 0 aromatic heterocycles. The van der Waals surface area contributed by atoms with E-state index < -0.39 is 18.1 Å². The maximum absolute atomic E-state index is 12.7. The first-order chi connectivity index (χ1) is 17.5. The van der Waals surface area contributed by atoms with Gasteiger partial charge in [0.05, 0.1) is 0 Å². The fourth-order valence-corrected chi connectivity index (χ4v) is 4.94. The van der Waals surface area contributed by atoms with Gasteiger partial charge in [-0.05, 0) is 51.1 Å². The highest BCUT2D eigenvalue weighted by Crippen LogP contribution is 2.44. The van der Waals surface area contributed by atoms with Crippen molar-refractivity contribution in [3.8, 4) is 22.3 Å². The van der Waals surface area contributed by atoms with E-state index in [1.165, 1.54) is 0 Å². The van der Waals surface area contributed by atoms with Crippen LogP contribution in [0.3, 0.4) is 0 Å². The summed E-state index contributed by atoms with van der Waals surface area (Å²) in [4.78, 5) is 24.7. The van der Waals surface area contributed by atoms with Crippen molar-refractivity contribution in [1.29, 1.82) is 0 Å². The van der Waals surface area contributed by atoms with E-state index in [4.69, 9.17) is 16.3 Å². The molecule has 4 aromatic carbocycles. The molecule has 0 saturated carbocycles. The number of carboxylic acids is 1. The minimum Gasteiger partial charge on any atom is -0.480 e. The molecule has 36 heavy (non-hydrogen) atoms. The van der Waals surface area contributed by atoms with Crippen LogP contribution >= 0.6 is 11.6 Å². The van der Waals surface area contributed by atoms with Gasteiger partial charge in [0.15, 0.2) is 0 Å². The largest absolute Gasteiger partial charge is 0.480 e. The summed E-state index contributed by atoms with van der Waals surface area (Å²) in [5.74, 6) is -1.23. The number of carbonyl (C=O) groups is 2. The first-order valence-corrected chi connectivity index (χ1v) is 12.1. The van der Waals surface area contributed by atoms with Crippen LogP contribution in [0.2, 0.25) is 5.02 Å². The number of amides is 1. The number of carboxylic acid groups (broad SMARTS) is 1. The Morgan fingerprint density at radius 3 is 1.97 bits per heavy atom.